The zero-order valence-corrected chi connectivity index (χ0v) is 13.6. The van der Waals surface area contributed by atoms with Crippen LogP contribution < -0.4 is 0 Å². The molecule has 0 saturated carbocycles. The molecule has 22 heavy (non-hydrogen) atoms. The molecule has 0 fully saturated rings. The van der Waals surface area contributed by atoms with E-state index in [4.69, 9.17) is 9.22 Å². The molecule has 0 bridgehead atoms. The van der Waals surface area contributed by atoms with Crippen LogP contribution >= 0.6 is 0 Å². The van der Waals surface area contributed by atoms with Crippen molar-refractivity contribution >= 4 is 10.1 Å². The van der Waals surface area contributed by atoms with Crippen LogP contribution in [-0.4, -0.2) is 8.42 Å². The highest BCUT2D eigenvalue weighted by molar-refractivity contribution is 7.86. The van der Waals surface area contributed by atoms with E-state index in [1.54, 1.807) is 12.1 Å². The SMILES string of the molecule is CCCc1cc(C)ccc1S(=O)(=O)OOCc1ccccc1. The van der Waals surface area contributed by atoms with Crippen LogP contribution in [-0.2, 0) is 32.4 Å². The standard InChI is InChI=1S/C17H20O4S/c1-3-7-16-12-14(2)10-11-17(16)22(18,19)21-20-13-15-8-5-4-6-9-15/h4-6,8-12H,3,7,13H2,1-2H3. The molecular weight excluding hydrogens is 300 g/mol. The lowest BCUT2D eigenvalue weighted by atomic mass is 10.1. The summed E-state index contributed by atoms with van der Waals surface area (Å²) >= 11 is 0. The Morgan fingerprint density at radius 1 is 1.05 bits per heavy atom. The van der Waals surface area contributed by atoms with Crippen molar-refractivity contribution in [2.45, 2.75) is 38.2 Å². The summed E-state index contributed by atoms with van der Waals surface area (Å²) in [6.07, 6.45) is 1.54. The summed E-state index contributed by atoms with van der Waals surface area (Å²) in [5, 5.41) is 0. The summed E-state index contributed by atoms with van der Waals surface area (Å²) in [5.74, 6) is 0. The van der Waals surface area contributed by atoms with Gasteiger partial charge in [-0.15, -0.1) is 4.33 Å². The molecule has 0 aliphatic carbocycles. The van der Waals surface area contributed by atoms with Gasteiger partial charge in [0.2, 0.25) is 0 Å². The highest BCUT2D eigenvalue weighted by Crippen LogP contribution is 2.21. The molecular formula is C17H20O4S. The molecule has 0 aliphatic heterocycles. The first-order chi connectivity index (χ1) is 10.5. The summed E-state index contributed by atoms with van der Waals surface area (Å²) in [5.41, 5.74) is 2.62. The lowest BCUT2D eigenvalue weighted by molar-refractivity contribution is -0.212. The largest absolute Gasteiger partial charge is 0.323 e. The predicted octanol–water partition coefficient (Wildman–Crippen LogP) is 3.78. The molecule has 0 amide bonds. The van der Waals surface area contributed by atoms with E-state index in [9.17, 15) is 8.42 Å². The Bertz CT molecular complexity index is 709. The zero-order chi connectivity index (χ0) is 16.0. The van der Waals surface area contributed by atoms with Crippen molar-refractivity contribution in [3.05, 3.63) is 65.2 Å². The maximum absolute atomic E-state index is 12.3. The topological polar surface area (TPSA) is 52.6 Å². The van der Waals surface area contributed by atoms with E-state index in [1.807, 2.05) is 50.2 Å². The molecule has 0 radical (unpaired) electrons. The van der Waals surface area contributed by atoms with Crippen LogP contribution in [0.3, 0.4) is 0 Å². The third kappa shape index (κ3) is 4.40. The quantitative estimate of drug-likeness (QED) is 0.575. The van der Waals surface area contributed by atoms with Gasteiger partial charge in [0, 0.05) is 0 Å². The molecule has 0 N–H and O–H groups in total. The van der Waals surface area contributed by atoms with E-state index in [-0.39, 0.29) is 11.5 Å². The number of rotatable bonds is 7. The van der Waals surface area contributed by atoms with E-state index in [0.717, 1.165) is 23.1 Å². The van der Waals surface area contributed by atoms with Crippen molar-refractivity contribution in [3.63, 3.8) is 0 Å². The van der Waals surface area contributed by atoms with Crippen molar-refractivity contribution in [1.82, 2.24) is 0 Å². The molecule has 0 atom stereocenters. The Morgan fingerprint density at radius 2 is 1.77 bits per heavy atom. The van der Waals surface area contributed by atoms with Crippen molar-refractivity contribution in [2.75, 3.05) is 0 Å². The first kappa shape index (κ1) is 16.7. The minimum atomic E-state index is -3.92. The second kappa shape index (κ2) is 7.54. The maximum atomic E-state index is 12.3. The normalized spacial score (nSPS) is 11.5. The molecule has 0 unspecified atom stereocenters. The zero-order valence-electron chi connectivity index (χ0n) is 12.8. The Kier molecular flexibility index (Phi) is 5.71. The second-order valence-electron chi connectivity index (χ2n) is 5.13. The Morgan fingerprint density at radius 3 is 2.45 bits per heavy atom. The molecule has 2 rings (SSSR count). The summed E-state index contributed by atoms with van der Waals surface area (Å²) in [6, 6.07) is 14.5. The molecule has 0 saturated heterocycles. The van der Waals surface area contributed by atoms with E-state index in [0.29, 0.717) is 6.42 Å². The average Bonchev–Trinajstić information content (AvgIpc) is 2.48. The van der Waals surface area contributed by atoms with Gasteiger partial charge in [0.05, 0.1) is 4.90 Å². The first-order valence-electron chi connectivity index (χ1n) is 7.22. The van der Waals surface area contributed by atoms with Crippen LogP contribution in [0.5, 0.6) is 0 Å². The summed E-state index contributed by atoms with van der Waals surface area (Å²) in [4.78, 5) is 5.09. The third-order valence-electron chi connectivity index (χ3n) is 3.21. The summed E-state index contributed by atoms with van der Waals surface area (Å²) in [6.45, 7) is 4.02. The molecule has 2 aromatic rings. The van der Waals surface area contributed by atoms with Crippen molar-refractivity contribution in [1.29, 1.82) is 0 Å². The van der Waals surface area contributed by atoms with Crippen LogP contribution in [0.4, 0.5) is 0 Å². The Labute approximate surface area is 131 Å². The van der Waals surface area contributed by atoms with Gasteiger partial charge in [-0.25, -0.2) is 4.89 Å². The van der Waals surface area contributed by atoms with Gasteiger partial charge in [0.1, 0.15) is 6.61 Å². The smallest absolute Gasteiger partial charge is 0.215 e. The van der Waals surface area contributed by atoms with Crippen LogP contribution in [0.25, 0.3) is 0 Å². The molecule has 0 aliphatic rings. The average molecular weight is 320 g/mol. The maximum Gasteiger partial charge on any atom is 0.323 e. The van der Waals surface area contributed by atoms with E-state index in [2.05, 4.69) is 0 Å². The molecule has 4 nitrogen and oxygen atoms in total. The van der Waals surface area contributed by atoms with Crippen LogP contribution in [0, 0.1) is 6.92 Å². The van der Waals surface area contributed by atoms with Gasteiger partial charge in [-0.2, -0.15) is 8.42 Å². The molecule has 5 heteroatoms. The van der Waals surface area contributed by atoms with Crippen molar-refractivity contribution in [3.8, 4) is 0 Å². The number of benzene rings is 2. The molecule has 118 valence electrons. The Balaban J connectivity index is 2.10. The lowest BCUT2D eigenvalue weighted by Crippen LogP contribution is -2.10. The third-order valence-corrected chi connectivity index (χ3v) is 4.42. The second-order valence-corrected chi connectivity index (χ2v) is 6.62. The van der Waals surface area contributed by atoms with Gasteiger partial charge >= 0.3 is 10.1 Å². The van der Waals surface area contributed by atoms with Gasteiger partial charge in [-0.05, 0) is 30.5 Å². The van der Waals surface area contributed by atoms with E-state index >= 15 is 0 Å². The van der Waals surface area contributed by atoms with Gasteiger partial charge in [-0.1, -0.05) is 61.4 Å². The fourth-order valence-corrected chi connectivity index (χ4v) is 3.15. The van der Waals surface area contributed by atoms with Crippen LogP contribution in [0.1, 0.15) is 30.0 Å². The molecule has 0 aromatic heterocycles. The van der Waals surface area contributed by atoms with Gasteiger partial charge in [0.25, 0.3) is 0 Å². The first-order valence-corrected chi connectivity index (χ1v) is 8.63. The van der Waals surface area contributed by atoms with Gasteiger partial charge < -0.3 is 0 Å². The minimum Gasteiger partial charge on any atom is -0.215 e. The van der Waals surface area contributed by atoms with E-state index < -0.39 is 10.1 Å². The fourth-order valence-electron chi connectivity index (χ4n) is 2.18. The van der Waals surface area contributed by atoms with Crippen molar-refractivity contribution in [2.24, 2.45) is 0 Å². The predicted molar refractivity (Wildman–Crippen MR) is 84.7 cm³/mol. The van der Waals surface area contributed by atoms with Gasteiger partial charge in [0.15, 0.2) is 0 Å². The Hall–Kier alpha value is -1.69. The highest BCUT2D eigenvalue weighted by Gasteiger charge is 2.20. The van der Waals surface area contributed by atoms with Crippen LogP contribution in [0.15, 0.2) is 53.4 Å². The number of hydrogen-bond acceptors (Lipinski definition) is 4. The minimum absolute atomic E-state index is 0.0784. The molecule has 2 aromatic carbocycles. The van der Waals surface area contributed by atoms with Crippen LogP contribution in [0.2, 0.25) is 0 Å². The fraction of sp³-hybridized carbons (Fsp3) is 0.294. The van der Waals surface area contributed by atoms with E-state index in [1.165, 1.54) is 0 Å². The highest BCUT2D eigenvalue weighted by atomic mass is 32.2. The molecule has 0 heterocycles. The number of aryl methyl sites for hydroxylation is 2. The monoisotopic (exact) mass is 320 g/mol. The van der Waals surface area contributed by atoms with Gasteiger partial charge in [-0.3, -0.25) is 0 Å². The molecule has 0 spiro atoms. The lowest BCUT2D eigenvalue weighted by Gasteiger charge is -2.10. The van der Waals surface area contributed by atoms with Crippen molar-refractivity contribution < 1.29 is 17.6 Å². The summed E-state index contributed by atoms with van der Waals surface area (Å²) < 4.78 is 29.3. The number of hydrogen-bond donors (Lipinski definition) is 0. The summed E-state index contributed by atoms with van der Waals surface area (Å²) in [7, 11) is -3.92.